The Morgan fingerprint density at radius 2 is 2.00 bits per heavy atom. The lowest BCUT2D eigenvalue weighted by Gasteiger charge is -2.06. The number of nitrogens with one attached hydrogen (secondary N) is 2. The number of nitrogen functional groups attached to an aromatic ring is 1. The molecule has 0 saturated carbocycles. The van der Waals surface area contributed by atoms with Crippen molar-refractivity contribution in [2.45, 2.75) is 0 Å². The highest BCUT2D eigenvalue weighted by Gasteiger charge is 2.02. The fourth-order valence-corrected chi connectivity index (χ4v) is 2.19. The summed E-state index contributed by atoms with van der Waals surface area (Å²) in [4.78, 5) is 11.7. The van der Waals surface area contributed by atoms with Crippen molar-refractivity contribution in [2.75, 3.05) is 11.1 Å². The third-order valence-corrected chi connectivity index (χ3v) is 3.69. The number of nitrogens with two attached hydrogens (primary N) is 1. The van der Waals surface area contributed by atoms with Crippen LogP contribution in [0.2, 0.25) is 5.02 Å². The second kappa shape index (κ2) is 7.15. The standard InChI is InChI=1S/C15H13BrClN3O/c16-12-4-2-1-3-10(12)7-8-19-15(21)20-11-5-6-14(18)13(17)9-11/h1-9H,18H2,(H2,19,20,21)/b8-7+. The predicted octanol–water partition coefficient (Wildman–Crippen LogP) is 4.48. The Bertz CT molecular complexity index is 688. The Labute approximate surface area is 136 Å². The van der Waals surface area contributed by atoms with Crippen LogP contribution in [0.4, 0.5) is 16.2 Å². The van der Waals surface area contributed by atoms with E-state index in [9.17, 15) is 4.79 Å². The van der Waals surface area contributed by atoms with Gasteiger partial charge in [0.2, 0.25) is 0 Å². The molecule has 2 aromatic rings. The molecule has 6 heteroatoms. The first-order chi connectivity index (χ1) is 10.1. The maximum absolute atomic E-state index is 11.7. The largest absolute Gasteiger partial charge is 0.398 e. The molecule has 108 valence electrons. The number of carbonyl (C=O) groups excluding carboxylic acids is 1. The number of amides is 2. The summed E-state index contributed by atoms with van der Waals surface area (Å²) in [5, 5.41) is 5.67. The molecule has 2 rings (SSSR count). The monoisotopic (exact) mass is 365 g/mol. The number of carbonyl (C=O) groups is 1. The summed E-state index contributed by atoms with van der Waals surface area (Å²) in [6.45, 7) is 0. The van der Waals surface area contributed by atoms with Gasteiger partial charge < -0.3 is 16.4 Å². The van der Waals surface area contributed by atoms with Crippen LogP contribution >= 0.6 is 27.5 Å². The smallest absolute Gasteiger partial charge is 0.323 e. The van der Waals surface area contributed by atoms with Gasteiger partial charge in [-0.3, -0.25) is 0 Å². The first-order valence-electron chi connectivity index (χ1n) is 6.10. The van der Waals surface area contributed by atoms with Gasteiger partial charge in [0.05, 0.1) is 10.7 Å². The van der Waals surface area contributed by atoms with Crippen LogP contribution in [0.25, 0.3) is 6.08 Å². The van der Waals surface area contributed by atoms with Crippen LogP contribution in [0.3, 0.4) is 0 Å². The number of anilines is 2. The van der Waals surface area contributed by atoms with E-state index in [4.69, 9.17) is 17.3 Å². The van der Waals surface area contributed by atoms with Gasteiger partial charge in [-0.25, -0.2) is 4.79 Å². The summed E-state index contributed by atoms with van der Waals surface area (Å²) < 4.78 is 0.953. The predicted molar refractivity (Wildman–Crippen MR) is 91.2 cm³/mol. The minimum Gasteiger partial charge on any atom is -0.398 e. The Morgan fingerprint density at radius 3 is 2.71 bits per heavy atom. The highest BCUT2D eigenvalue weighted by molar-refractivity contribution is 9.10. The lowest BCUT2D eigenvalue weighted by Crippen LogP contribution is -2.23. The fourth-order valence-electron chi connectivity index (χ4n) is 1.59. The average molecular weight is 367 g/mol. The summed E-state index contributed by atoms with van der Waals surface area (Å²) in [5.74, 6) is 0. The zero-order valence-electron chi connectivity index (χ0n) is 10.9. The lowest BCUT2D eigenvalue weighted by atomic mass is 10.2. The quantitative estimate of drug-likeness (QED) is 0.701. The van der Waals surface area contributed by atoms with E-state index in [1.807, 2.05) is 24.3 Å². The van der Waals surface area contributed by atoms with Crippen LogP contribution in [0.5, 0.6) is 0 Å². The minimum atomic E-state index is -0.362. The zero-order valence-corrected chi connectivity index (χ0v) is 13.3. The van der Waals surface area contributed by atoms with Crippen LogP contribution in [0, 0.1) is 0 Å². The van der Waals surface area contributed by atoms with Gasteiger partial charge in [0.15, 0.2) is 0 Å². The molecule has 4 nitrogen and oxygen atoms in total. The van der Waals surface area contributed by atoms with Crippen LogP contribution in [-0.2, 0) is 0 Å². The molecule has 4 N–H and O–H groups in total. The molecule has 0 bridgehead atoms. The summed E-state index contributed by atoms with van der Waals surface area (Å²) in [6.07, 6.45) is 3.36. The van der Waals surface area contributed by atoms with Gasteiger partial charge in [-0.15, -0.1) is 0 Å². The van der Waals surface area contributed by atoms with E-state index in [0.717, 1.165) is 10.0 Å². The molecule has 0 radical (unpaired) electrons. The van der Waals surface area contributed by atoms with Gasteiger partial charge in [-0.2, -0.15) is 0 Å². The lowest BCUT2D eigenvalue weighted by molar-refractivity contribution is 0.255. The number of benzene rings is 2. The van der Waals surface area contributed by atoms with Gasteiger partial charge in [-0.1, -0.05) is 45.7 Å². The number of hydrogen-bond acceptors (Lipinski definition) is 2. The molecular weight excluding hydrogens is 354 g/mol. The van der Waals surface area contributed by atoms with Crippen molar-refractivity contribution in [3.8, 4) is 0 Å². The van der Waals surface area contributed by atoms with Crippen LogP contribution in [0.15, 0.2) is 53.1 Å². The highest BCUT2D eigenvalue weighted by Crippen LogP contribution is 2.22. The molecule has 0 atom stereocenters. The molecular formula is C15H13BrClN3O. The van der Waals surface area contributed by atoms with Crippen molar-refractivity contribution < 1.29 is 4.79 Å². The molecule has 2 aromatic carbocycles. The van der Waals surface area contributed by atoms with Crippen LogP contribution in [-0.4, -0.2) is 6.03 Å². The third kappa shape index (κ3) is 4.51. The summed E-state index contributed by atoms with van der Waals surface area (Å²) >= 11 is 9.31. The molecule has 2 amide bonds. The van der Waals surface area contributed by atoms with Crippen molar-refractivity contribution in [1.29, 1.82) is 0 Å². The molecule has 0 saturated heterocycles. The average Bonchev–Trinajstić information content (AvgIpc) is 2.45. The van der Waals surface area contributed by atoms with E-state index in [1.54, 1.807) is 30.5 Å². The van der Waals surface area contributed by atoms with Gasteiger partial charge in [0.25, 0.3) is 0 Å². The molecule has 0 aliphatic heterocycles. The Kier molecular flexibility index (Phi) is 5.25. The molecule has 0 aromatic heterocycles. The van der Waals surface area contributed by atoms with Gasteiger partial charge >= 0.3 is 6.03 Å². The Hall–Kier alpha value is -1.98. The maximum atomic E-state index is 11.7. The van der Waals surface area contributed by atoms with Gasteiger partial charge in [-0.05, 0) is 35.9 Å². The second-order valence-electron chi connectivity index (χ2n) is 4.19. The third-order valence-electron chi connectivity index (χ3n) is 2.64. The number of hydrogen-bond donors (Lipinski definition) is 3. The molecule has 0 spiro atoms. The van der Waals surface area contributed by atoms with Crippen molar-refractivity contribution in [3.63, 3.8) is 0 Å². The highest BCUT2D eigenvalue weighted by atomic mass is 79.9. The topological polar surface area (TPSA) is 67.1 Å². The van der Waals surface area contributed by atoms with E-state index in [1.165, 1.54) is 0 Å². The Balaban J connectivity index is 1.93. The first-order valence-corrected chi connectivity index (χ1v) is 7.27. The molecule has 0 heterocycles. The van der Waals surface area contributed by atoms with Gasteiger partial charge in [0.1, 0.15) is 0 Å². The summed E-state index contributed by atoms with van der Waals surface area (Å²) in [6, 6.07) is 12.2. The molecule has 0 fully saturated rings. The van der Waals surface area contributed by atoms with Crippen molar-refractivity contribution >= 4 is 51.0 Å². The summed E-state index contributed by atoms with van der Waals surface area (Å²) in [5.41, 5.74) is 7.61. The summed E-state index contributed by atoms with van der Waals surface area (Å²) in [7, 11) is 0. The van der Waals surface area contributed by atoms with Crippen molar-refractivity contribution in [2.24, 2.45) is 0 Å². The van der Waals surface area contributed by atoms with Crippen LogP contribution < -0.4 is 16.4 Å². The van der Waals surface area contributed by atoms with Crippen molar-refractivity contribution in [1.82, 2.24) is 5.32 Å². The zero-order chi connectivity index (χ0) is 15.2. The fraction of sp³-hybridized carbons (Fsp3) is 0. The number of halogens is 2. The molecule has 0 unspecified atom stereocenters. The Morgan fingerprint density at radius 1 is 1.24 bits per heavy atom. The first kappa shape index (κ1) is 15.4. The number of urea groups is 1. The van der Waals surface area contributed by atoms with E-state index in [2.05, 4.69) is 26.6 Å². The SMILES string of the molecule is Nc1ccc(NC(=O)N/C=C/c2ccccc2Br)cc1Cl. The molecule has 0 aliphatic rings. The normalized spacial score (nSPS) is 10.6. The molecule has 0 aliphatic carbocycles. The van der Waals surface area contributed by atoms with Gasteiger partial charge in [0, 0.05) is 16.4 Å². The van der Waals surface area contributed by atoms with Crippen molar-refractivity contribution in [3.05, 3.63) is 63.7 Å². The second-order valence-corrected chi connectivity index (χ2v) is 5.45. The van der Waals surface area contributed by atoms with E-state index in [-0.39, 0.29) is 6.03 Å². The van der Waals surface area contributed by atoms with E-state index >= 15 is 0 Å². The van der Waals surface area contributed by atoms with E-state index < -0.39 is 0 Å². The van der Waals surface area contributed by atoms with E-state index in [0.29, 0.717) is 16.4 Å². The maximum Gasteiger partial charge on any atom is 0.323 e. The number of rotatable bonds is 3. The van der Waals surface area contributed by atoms with Crippen LogP contribution in [0.1, 0.15) is 5.56 Å². The minimum absolute atomic E-state index is 0.362. The molecule has 21 heavy (non-hydrogen) atoms.